The quantitative estimate of drug-likeness (QED) is 0.914. The molecule has 0 spiro atoms. The van der Waals surface area contributed by atoms with Crippen molar-refractivity contribution in [2.24, 2.45) is 5.92 Å². The maximum Gasteiger partial charge on any atom is 0.436 e. The van der Waals surface area contributed by atoms with Gasteiger partial charge in [-0.3, -0.25) is 4.68 Å². The van der Waals surface area contributed by atoms with Crippen molar-refractivity contribution < 1.29 is 23.1 Å². The summed E-state index contributed by atoms with van der Waals surface area (Å²) in [7, 11) is 0. The highest BCUT2D eigenvalue weighted by Crippen LogP contribution is 2.31. The van der Waals surface area contributed by atoms with Gasteiger partial charge in [-0.05, 0) is 30.0 Å². The van der Waals surface area contributed by atoms with Gasteiger partial charge in [-0.15, -0.1) is 0 Å². The third kappa shape index (κ3) is 3.75. The maximum atomic E-state index is 12.9. The van der Waals surface area contributed by atoms with Gasteiger partial charge >= 0.3 is 12.1 Å². The molecule has 0 bridgehead atoms. The molecular formula is C16H17F3N4O2. The summed E-state index contributed by atoms with van der Waals surface area (Å²) in [5, 5.41) is 12.4. The fourth-order valence-electron chi connectivity index (χ4n) is 2.93. The van der Waals surface area contributed by atoms with Crippen LogP contribution in [0.1, 0.15) is 35.0 Å². The van der Waals surface area contributed by atoms with E-state index in [1.807, 2.05) is 0 Å². The molecule has 0 aliphatic carbocycles. The van der Waals surface area contributed by atoms with Crippen LogP contribution in [0.2, 0.25) is 0 Å². The minimum absolute atomic E-state index is 0.0370. The first-order chi connectivity index (χ1) is 11.7. The first kappa shape index (κ1) is 17.2. The molecule has 1 aliphatic rings. The van der Waals surface area contributed by atoms with Crippen molar-refractivity contribution in [1.29, 1.82) is 0 Å². The van der Waals surface area contributed by atoms with Crippen LogP contribution in [0.25, 0.3) is 0 Å². The van der Waals surface area contributed by atoms with Gasteiger partial charge in [-0.2, -0.15) is 18.3 Å². The molecule has 2 aromatic rings. The lowest BCUT2D eigenvalue weighted by molar-refractivity contribution is -0.142. The van der Waals surface area contributed by atoms with E-state index in [0.29, 0.717) is 11.5 Å². The normalized spacial score (nSPS) is 17.9. The summed E-state index contributed by atoms with van der Waals surface area (Å²) in [5.41, 5.74) is -1.53. The lowest BCUT2D eigenvalue weighted by atomic mass is 10.2. The predicted octanol–water partition coefficient (Wildman–Crippen LogP) is 2.89. The number of aromatic nitrogens is 3. The average Bonchev–Trinajstić information content (AvgIpc) is 3.14. The molecule has 0 unspecified atom stereocenters. The van der Waals surface area contributed by atoms with E-state index in [4.69, 9.17) is 5.11 Å². The van der Waals surface area contributed by atoms with E-state index < -0.39 is 23.4 Å². The number of carboxylic acids is 1. The number of carbonyl (C=O) groups is 1. The highest BCUT2D eigenvalue weighted by Gasteiger charge is 2.39. The standard InChI is InChI=1S/C16H17F3N4O2/c1-10-3-5-22(7-10)13-6-11(2-4-20-13)8-23-9-12(15(24)25)14(21-23)16(17,18)19/h2,4,6,9-10H,3,5,7-8H2,1H3,(H,24,25)/t10-/m0/s1. The molecule has 1 saturated heterocycles. The minimum Gasteiger partial charge on any atom is -0.478 e. The summed E-state index contributed by atoms with van der Waals surface area (Å²) in [6, 6.07) is 3.48. The monoisotopic (exact) mass is 354 g/mol. The fraction of sp³-hybridized carbons (Fsp3) is 0.438. The molecule has 2 aromatic heterocycles. The molecule has 9 heteroatoms. The Bertz CT molecular complexity index is 788. The van der Waals surface area contributed by atoms with Crippen LogP contribution < -0.4 is 4.90 Å². The summed E-state index contributed by atoms with van der Waals surface area (Å²) in [6.45, 7) is 3.97. The van der Waals surface area contributed by atoms with E-state index >= 15 is 0 Å². The van der Waals surface area contributed by atoms with Gasteiger partial charge in [-0.25, -0.2) is 9.78 Å². The van der Waals surface area contributed by atoms with Crippen molar-refractivity contribution in [2.45, 2.75) is 26.1 Å². The summed E-state index contributed by atoms with van der Waals surface area (Å²) in [5.74, 6) is -0.312. The van der Waals surface area contributed by atoms with E-state index in [-0.39, 0.29) is 6.54 Å². The van der Waals surface area contributed by atoms with Crippen molar-refractivity contribution in [2.75, 3.05) is 18.0 Å². The Morgan fingerprint density at radius 2 is 2.20 bits per heavy atom. The Kier molecular flexibility index (Phi) is 4.40. The summed E-state index contributed by atoms with van der Waals surface area (Å²) < 4.78 is 39.7. The Morgan fingerprint density at radius 1 is 1.44 bits per heavy atom. The van der Waals surface area contributed by atoms with Crippen LogP contribution in [0, 0.1) is 5.92 Å². The summed E-state index contributed by atoms with van der Waals surface area (Å²) in [6.07, 6.45) is -1.24. The van der Waals surface area contributed by atoms with Gasteiger partial charge in [0, 0.05) is 25.5 Å². The van der Waals surface area contributed by atoms with Crippen molar-refractivity contribution in [3.63, 3.8) is 0 Å². The third-order valence-electron chi connectivity index (χ3n) is 4.16. The molecule has 0 radical (unpaired) electrons. The molecule has 6 nitrogen and oxygen atoms in total. The number of hydrogen-bond acceptors (Lipinski definition) is 4. The van der Waals surface area contributed by atoms with E-state index in [1.54, 1.807) is 18.3 Å². The highest BCUT2D eigenvalue weighted by molar-refractivity contribution is 5.88. The Balaban J connectivity index is 1.84. The number of rotatable bonds is 4. The van der Waals surface area contributed by atoms with Crippen molar-refractivity contribution in [3.05, 3.63) is 41.3 Å². The van der Waals surface area contributed by atoms with Gasteiger partial charge in [0.2, 0.25) is 0 Å². The fourth-order valence-corrected chi connectivity index (χ4v) is 2.93. The number of halogens is 3. The molecule has 3 heterocycles. The molecule has 1 fully saturated rings. The molecule has 134 valence electrons. The predicted molar refractivity (Wildman–Crippen MR) is 83.5 cm³/mol. The smallest absolute Gasteiger partial charge is 0.436 e. The number of hydrogen-bond donors (Lipinski definition) is 1. The number of anilines is 1. The van der Waals surface area contributed by atoms with Gasteiger partial charge in [-0.1, -0.05) is 6.92 Å². The van der Waals surface area contributed by atoms with Crippen LogP contribution in [0.3, 0.4) is 0 Å². The molecule has 25 heavy (non-hydrogen) atoms. The number of nitrogens with zero attached hydrogens (tertiary/aromatic N) is 4. The lowest BCUT2D eigenvalue weighted by Crippen LogP contribution is -2.20. The first-order valence-corrected chi connectivity index (χ1v) is 7.82. The minimum atomic E-state index is -4.81. The maximum absolute atomic E-state index is 12.9. The Morgan fingerprint density at radius 3 is 2.76 bits per heavy atom. The molecular weight excluding hydrogens is 337 g/mol. The zero-order chi connectivity index (χ0) is 18.2. The Labute approximate surface area is 141 Å². The molecule has 1 atom stereocenters. The number of carboxylic acid groups (broad SMARTS) is 1. The third-order valence-corrected chi connectivity index (χ3v) is 4.16. The van der Waals surface area contributed by atoms with Gasteiger partial charge in [0.1, 0.15) is 11.4 Å². The van der Waals surface area contributed by atoms with Crippen LogP contribution in [-0.2, 0) is 12.7 Å². The molecule has 0 aromatic carbocycles. The number of pyridine rings is 1. The number of alkyl halides is 3. The van der Waals surface area contributed by atoms with Gasteiger partial charge in [0.05, 0.1) is 6.54 Å². The van der Waals surface area contributed by atoms with Gasteiger partial charge in [0.25, 0.3) is 0 Å². The summed E-state index contributed by atoms with van der Waals surface area (Å²) in [4.78, 5) is 17.5. The topological polar surface area (TPSA) is 71.2 Å². The largest absolute Gasteiger partial charge is 0.478 e. The lowest BCUT2D eigenvalue weighted by Gasteiger charge is -2.17. The number of aromatic carboxylic acids is 1. The second-order valence-electron chi connectivity index (χ2n) is 6.25. The molecule has 3 rings (SSSR count). The SMILES string of the molecule is C[C@H]1CCN(c2cc(Cn3cc(C(=O)O)c(C(F)(F)F)n3)ccn2)C1. The summed E-state index contributed by atoms with van der Waals surface area (Å²) >= 11 is 0. The van der Waals surface area contributed by atoms with Crippen LogP contribution in [0.5, 0.6) is 0 Å². The van der Waals surface area contributed by atoms with Crippen LogP contribution in [-0.4, -0.2) is 38.9 Å². The average molecular weight is 354 g/mol. The first-order valence-electron chi connectivity index (χ1n) is 7.82. The van der Waals surface area contributed by atoms with Crippen molar-refractivity contribution in [1.82, 2.24) is 14.8 Å². The van der Waals surface area contributed by atoms with Crippen molar-refractivity contribution >= 4 is 11.8 Å². The van der Waals surface area contributed by atoms with Gasteiger partial charge in [0.15, 0.2) is 5.69 Å². The second kappa shape index (κ2) is 6.38. The Hall–Kier alpha value is -2.58. The van der Waals surface area contributed by atoms with E-state index in [2.05, 4.69) is 21.9 Å². The second-order valence-corrected chi connectivity index (χ2v) is 6.25. The zero-order valence-electron chi connectivity index (χ0n) is 13.5. The van der Waals surface area contributed by atoms with E-state index in [0.717, 1.165) is 36.2 Å². The molecule has 1 N–H and O–H groups in total. The zero-order valence-corrected chi connectivity index (χ0v) is 13.5. The van der Waals surface area contributed by atoms with Crippen LogP contribution >= 0.6 is 0 Å². The van der Waals surface area contributed by atoms with Crippen LogP contribution in [0.15, 0.2) is 24.5 Å². The van der Waals surface area contributed by atoms with E-state index in [9.17, 15) is 18.0 Å². The van der Waals surface area contributed by atoms with E-state index in [1.165, 1.54) is 0 Å². The van der Waals surface area contributed by atoms with Crippen molar-refractivity contribution in [3.8, 4) is 0 Å². The molecule has 1 aliphatic heterocycles. The highest BCUT2D eigenvalue weighted by atomic mass is 19.4. The molecule has 0 saturated carbocycles. The van der Waals surface area contributed by atoms with Gasteiger partial charge < -0.3 is 10.0 Å². The molecule has 0 amide bonds. The van der Waals surface area contributed by atoms with Crippen LogP contribution in [0.4, 0.5) is 19.0 Å².